The second-order valence-electron chi connectivity index (χ2n) is 8.20. The third kappa shape index (κ3) is 5.32. The molecule has 0 saturated carbocycles. The number of hydrogen-bond donors (Lipinski definition) is 0. The summed E-state index contributed by atoms with van der Waals surface area (Å²) in [6.07, 6.45) is -0.284. The van der Waals surface area contributed by atoms with Gasteiger partial charge in [-0.05, 0) is 56.5 Å². The molecule has 0 aliphatic carbocycles. The topological polar surface area (TPSA) is 60.8 Å². The first kappa shape index (κ1) is 23.5. The number of Topliss-reactive ketones (excluding diaryl/α,β-unsaturated/α-hetero) is 1. The van der Waals surface area contributed by atoms with E-state index in [0.29, 0.717) is 36.0 Å². The number of aryl methyl sites for hydroxylation is 1. The van der Waals surface area contributed by atoms with Crippen LogP contribution in [0.5, 0.6) is 5.75 Å². The molecule has 0 bridgehead atoms. The van der Waals surface area contributed by atoms with E-state index in [-0.39, 0.29) is 24.4 Å². The molecule has 0 radical (unpaired) electrons. The molecular formula is C25H27ClN2O4S. The Labute approximate surface area is 202 Å². The highest BCUT2D eigenvalue weighted by Gasteiger charge is 2.28. The number of morpholine rings is 1. The molecular weight excluding hydrogens is 460 g/mol. The molecule has 1 atom stereocenters. The summed E-state index contributed by atoms with van der Waals surface area (Å²) >= 11 is 7.72. The maximum Gasteiger partial charge on any atom is 0.255 e. The van der Waals surface area contributed by atoms with E-state index in [1.165, 1.54) is 11.8 Å². The zero-order valence-electron chi connectivity index (χ0n) is 19.0. The number of carbonyl (C=O) groups excluding carboxylic acids is 2. The SMILES string of the molecule is CC(=O)c1cc(Cl)ccc1OCC1CN(C(=O)c2cc(C)n(Cc3cccs3)c2C)CCO1. The minimum absolute atomic E-state index is 0.00440. The fourth-order valence-electron chi connectivity index (χ4n) is 4.08. The van der Waals surface area contributed by atoms with E-state index in [9.17, 15) is 9.59 Å². The summed E-state index contributed by atoms with van der Waals surface area (Å²) in [7, 11) is 0. The summed E-state index contributed by atoms with van der Waals surface area (Å²) in [5, 5.41) is 2.55. The fraction of sp³-hybridized carbons (Fsp3) is 0.360. The van der Waals surface area contributed by atoms with E-state index >= 15 is 0 Å². The van der Waals surface area contributed by atoms with Crippen LogP contribution in [0.25, 0.3) is 0 Å². The van der Waals surface area contributed by atoms with Crippen LogP contribution in [0.2, 0.25) is 5.02 Å². The van der Waals surface area contributed by atoms with Crippen molar-refractivity contribution in [3.05, 3.63) is 74.2 Å². The van der Waals surface area contributed by atoms with Gasteiger partial charge in [-0.25, -0.2) is 0 Å². The van der Waals surface area contributed by atoms with E-state index in [1.54, 1.807) is 29.5 Å². The van der Waals surface area contributed by atoms with E-state index in [0.717, 1.165) is 23.5 Å². The first-order chi connectivity index (χ1) is 15.8. The van der Waals surface area contributed by atoms with Crippen LogP contribution in [0.3, 0.4) is 0 Å². The number of hydrogen-bond acceptors (Lipinski definition) is 5. The molecule has 33 heavy (non-hydrogen) atoms. The van der Waals surface area contributed by atoms with Gasteiger partial charge in [-0.3, -0.25) is 9.59 Å². The van der Waals surface area contributed by atoms with Gasteiger partial charge in [0.2, 0.25) is 0 Å². The van der Waals surface area contributed by atoms with Crippen molar-refractivity contribution in [3.63, 3.8) is 0 Å². The Morgan fingerprint density at radius 2 is 2.03 bits per heavy atom. The molecule has 2 aromatic heterocycles. The van der Waals surface area contributed by atoms with Gasteiger partial charge in [0, 0.05) is 27.8 Å². The largest absolute Gasteiger partial charge is 0.490 e. The highest BCUT2D eigenvalue weighted by atomic mass is 35.5. The van der Waals surface area contributed by atoms with Crippen molar-refractivity contribution in [1.29, 1.82) is 0 Å². The highest BCUT2D eigenvalue weighted by molar-refractivity contribution is 7.09. The predicted molar refractivity (Wildman–Crippen MR) is 130 cm³/mol. The van der Waals surface area contributed by atoms with Crippen molar-refractivity contribution < 1.29 is 19.1 Å². The average Bonchev–Trinajstić information content (AvgIpc) is 3.41. The summed E-state index contributed by atoms with van der Waals surface area (Å²) in [4.78, 5) is 28.3. The Morgan fingerprint density at radius 1 is 1.21 bits per heavy atom. The Morgan fingerprint density at radius 3 is 2.76 bits per heavy atom. The van der Waals surface area contributed by atoms with E-state index < -0.39 is 0 Å². The Kier molecular flexibility index (Phi) is 7.22. The van der Waals surface area contributed by atoms with Gasteiger partial charge in [-0.2, -0.15) is 0 Å². The number of benzene rings is 1. The van der Waals surface area contributed by atoms with Gasteiger partial charge in [-0.15, -0.1) is 11.3 Å². The van der Waals surface area contributed by atoms with Crippen LogP contribution in [0.4, 0.5) is 0 Å². The summed E-state index contributed by atoms with van der Waals surface area (Å²) in [6, 6.07) is 11.1. The molecule has 4 rings (SSSR count). The summed E-state index contributed by atoms with van der Waals surface area (Å²) in [5.74, 6) is 0.354. The lowest BCUT2D eigenvalue weighted by molar-refractivity contribution is -0.0402. The third-order valence-corrected chi connectivity index (χ3v) is 6.97. The quantitative estimate of drug-likeness (QED) is 0.441. The molecule has 1 aliphatic heterocycles. The molecule has 6 nitrogen and oxygen atoms in total. The van der Waals surface area contributed by atoms with Crippen LogP contribution < -0.4 is 4.74 Å². The number of nitrogens with zero attached hydrogens (tertiary/aromatic N) is 2. The lowest BCUT2D eigenvalue weighted by Gasteiger charge is -2.33. The first-order valence-corrected chi connectivity index (χ1v) is 12.1. The number of aromatic nitrogens is 1. The molecule has 1 fully saturated rings. The van der Waals surface area contributed by atoms with Gasteiger partial charge in [0.05, 0.1) is 30.8 Å². The van der Waals surface area contributed by atoms with Crippen molar-refractivity contribution in [3.8, 4) is 5.75 Å². The van der Waals surface area contributed by atoms with Crippen LogP contribution in [-0.4, -0.2) is 53.6 Å². The molecule has 1 aromatic carbocycles. The third-order valence-electron chi connectivity index (χ3n) is 5.87. The van der Waals surface area contributed by atoms with Crippen molar-refractivity contribution in [2.24, 2.45) is 0 Å². The molecule has 0 N–H and O–H groups in total. The Bertz CT molecular complexity index is 1160. The second kappa shape index (κ2) is 10.1. The van der Waals surface area contributed by atoms with Crippen molar-refractivity contribution in [2.75, 3.05) is 26.3 Å². The van der Waals surface area contributed by atoms with Gasteiger partial charge in [0.1, 0.15) is 18.5 Å². The van der Waals surface area contributed by atoms with Crippen molar-refractivity contribution in [2.45, 2.75) is 33.4 Å². The maximum atomic E-state index is 13.3. The molecule has 3 heterocycles. The number of halogens is 1. The van der Waals surface area contributed by atoms with Gasteiger partial charge in [0.15, 0.2) is 5.78 Å². The van der Waals surface area contributed by atoms with Crippen molar-refractivity contribution >= 4 is 34.6 Å². The molecule has 1 amide bonds. The fourth-order valence-corrected chi connectivity index (χ4v) is 4.95. The van der Waals surface area contributed by atoms with Crippen LogP contribution >= 0.6 is 22.9 Å². The molecule has 8 heteroatoms. The number of amides is 1. The number of ether oxygens (including phenoxy) is 2. The van der Waals surface area contributed by atoms with Gasteiger partial charge >= 0.3 is 0 Å². The molecule has 1 saturated heterocycles. The molecule has 3 aromatic rings. The second-order valence-corrected chi connectivity index (χ2v) is 9.67. The van der Waals surface area contributed by atoms with Crippen LogP contribution in [0, 0.1) is 13.8 Å². The van der Waals surface area contributed by atoms with Crippen LogP contribution in [-0.2, 0) is 11.3 Å². The van der Waals surface area contributed by atoms with Crippen molar-refractivity contribution in [1.82, 2.24) is 9.47 Å². The number of thiophene rings is 1. The zero-order chi connectivity index (χ0) is 23.5. The number of carbonyl (C=O) groups is 2. The maximum absolute atomic E-state index is 13.3. The molecule has 174 valence electrons. The minimum Gasteiger partial charge on any atom is -0.490 e. The van der Waals surface area contributed by atoms with E-state index in [2.05, 4.69) is 16.0 Å². The summed E-state index contributed by atoms with van der Waals surface area (Å²) < 4.78 is 13.9. The monoisotopic (exact) mass is 486 g/mol. The minimum atomic E-state index is -0.284. The van der Waals surface area contributed by atoms with Gasteiger partial charge in [0.25, 0.3) is 5.91 Å². The van der Waals surface area contributed by atoms with E-state index in [1.807, 2.05) is 30.9 Å². The van der Waals surface area contributed by atoms with Crippen LogP contribution in [0.1, 0.15) is 43.9 Å². The highest BCUT2D eigenvalue weighted by Crippen LogP contribution is 2.25. The lowest BCUT2D eigenvalue weighted by atomic mass is 10.1. The van der Waals surface area contributed by atoms with Gasteiger partial charge in [-0.1, -0.05) is 17.7 Å². The molecule has 0 spiro atoms. The average molecular weight is 487 g/mol. The lowest BCUT2D eigenvalue weighted by Crippen LogP contribution is -2.47. The summed E-state index contributed by atoms with van der Waals surface area (Å²) in [6.45, 7) is 7.91. The van der Waals surface area contributed by atoms with Crippen LogP contribution in [0.15, 0.2) is 41.8 Å². The molecule has 1 aliphatic rings. The smallest absolute Gasteiger partial charge is 0.255 e. The normalized spacial score (nSPS) is 16.1. The zero-order valence-corrected chi connectivity index (χ0v) is 20.5. The summed E-state index contributed by atoms with van der Waals surface area (Å²) in [5.41, 5.74) is 3.20. The van der Waals surface area contributed by atoms with Gasteiger partial charge < -0.3 is 18.9 Å². The Hall–Kier alpha value is -2.61. The predicted octanol–water partition coefficient (Wildman–Crippen LogP) is 4.99. The Balaban J connectivity index is 1.43. The first-order valence-electron chi connectivity index (χ1n) is 10.9. The standard InChI is InChI=1S/C25H27ClN2O4S/c1-16-11-22(17(2)28(16)14-21-5-4-10-33-21)25(30)27-8-9-31-20(13-27)15-32-24-7-6-19(26)12-23(24)18(3)29/h4-7,10-12,20H,8-9,13-15H2,1-3H3. The number of rotatable bonds is 7. The molecule has 1 unspecified atom stereocenters. The van der Waals surface area contributed by atoms with E-state index in [4.69, 9.17) is 21.1 Å². The number of ketones is 1.